The Labute approximate surface area is 171 Å². The molecule has 1 N–H and O–H groups in total. The van der Waals surface area contributed by atoms with Crippen LogP contribution in [0.2, 0.25) is 0 Å². The van der Waals surface area contributed by atoms with Crippen LogP contribution in [0.4, 0.5) is 14.5 Å². The maximum absolute atomic E-state index is 14.3. The summed E-state index contributed by atoms with van der Waals surface area (Å²) in [6.07, 6.45) is 0.743. The Morgan fingerprint density at radius 3 is 2.50 bits per heavy atom. The average molecular weight is 408 g/mol. The highest BCUT2D eigenvalue weighted by atomic mass is 19.1. The molecule has 1 heterocycles. The second kappa shape index (κ2) is 7.94. The van der Waals surface area contributed by atoms with Gasteiger partial charge in [-0.25, -0.2) is 8.78 Å². The Morgan fingerprint density at radius 1 is 1.07 bits per heavy atom. The van der Waals surface area contributed by atoms with E-state index in [1.807, 2.05) is 4.90 Å². The molecular formula is C23H18F2N2O3. The van der Waals surface area contributed by atoms with Crippen LogP contribution in [0.1, 0.15) is 31.8 Å². The molecular weight excluding hydrogens is 390 g/mol. The molecule has 0 spiro atoms. The van der Waals surface area contributed by atoms with Crippen LogP contribution in [-0.2, 0) is 6.54 Å². The minimum absolute atomic E-state index is 0.179. The Kier molecular flexibility index (Phi) is 5.18. The lowest BCUT2D eigenvalue weighted by molar-refractivity contribution is 0.0946. The molecule has 0 fully saturated rings. The van der Waals surface area contributed by atoms with Gasteiger partial charge in [0.25, 0.3) is 5.91 Å². The molecule has 0 aromatic heterocycles. The summed E-state index contributed by atoms with van der Waals surface area (Å²) >= 11 is 0. The number of aldehydes is 1. The van der Waals surface area contributed by atoms with Crippen LogP contribution in [0.3, 0.4) is 0 Å². The lowest BCUT2D eigenvalue weighted by Crippen LogP contribution is -2.43. The molecule has 30 heavy (non-hydrogen) atoms. The van der Waals surface area contributed by atoms with E-state index in [2.05, 4.69) is 5.32 Å². The molecule has 3 aromatic rings. The van der Waals surface area contributed by atoms with Gasteiger partial charge < -0.3 is 15.0 Å². The maximum Gasteiger partial charge on any atom is 0.254 e. The lowest BCUT2D eigenvalue weighted by atomic mass is 10.0. The Hall–Kier alpha value is -3.74. The van der Waals surface area contributed by atoms with Crippen molar-refractivity contribution in [2.45, 2.75) is 13.5 Å². The zero-order valence-electron chi connectivity index (χ0n) is 16.1. The van der Waals surface area contributed by atoms with Crippen molar-refractivity contribution >= 4 is 17.9 Å². The van der Waals surface area contributed by atoms with E-state index in [9.17, 15) is 18.4 Å². The smallest absolute Gasteiger partial charge is 0.254 e. The van der Waals surface area contributed by atoms with Gasteiger partial charge in [0.15, 0.2) is 0 Å². The standard InChI is InChI=1S/C23H18F2N2O3/c1-14-8-16(24)9-21(25)20(14)11-27-13-26-23(29)19-10-18(6-7-22(19)27)30-17-4-2-15(12-28)3-5-17/h2-10,12H,11,13H2,1H3,(H,26,29). The molecule has 0 aliphatic carbocycles. The molecule has 0 unspecified atom stereocenters. The third-order valence-electron chi connectivity index (χ3n) is 4.97. The molecule has 0 bridgehead atoms. The molecule has 152 valence electrons. The lowest BCUT2D eigenvalue weighted by Gasteiger charge is -2.32. The summed E-state index contributed by atoms with van der Waals surface area (Å²) in [6.45, 7) is 2.03. The first-order valence-electron chi connectivity index (χ1n) is 9.29. The first-order chi connectivity index (χ1) is 14.4. The van der Waals surface area contributed by atoms with Gasteiger partial charge in [0, 0.05) is 23.7 Å². The van der Waals surface area contributed by atoms with Crippen LogP contribution >= 0.6 is 0 Å². The van der Waals surface area contributed by atoms with E-state index >= 15 is 0 Å². The molecule has 5 nitrogen and oxygen atoms in total. The highest BCUT2D eigenvalue weighted by Crippen LogP contribution is 2.32. The second-order valence-corrected chi connectivity index (χ2v) is 7.01. The van der Waals surface area contributed by atoms with Crippen molar-refractivity contribution < 1.29 is 23.1 Å². The number of benzene rings is 3. The third-order valence-corrected chi connectivity index (χ3v) is 4.97. The molecule has 1 aliphatic heterocycles. The van der Waals surface area contributed by atoms with Crippen molar-refractivity contribution in [2.75, 3.05) is 11.6 Å². The topological polar surface area (TPSA) is 58.6 Å². The van der Waals surface area contributed by atoms with E-state index in [0.717, 1.165) is 12.4 Å². The van der Waals surface area contributed by atoms with Gasteiger partial charge in [-0.3, -0.25) is 9.59 Å². The average Bonchev–Trinajstić information content (AvgIpc) is 2.73. The SMILES string of the molecule is Cc1cc(F)cc(F)c1CN1CNC(=O)c2cc(Oc3ccc(C=O)cc3)ccc21. The van der Waals surface area contributed by atoms with Crippen molar-refractivity contribution in [1.29, 1.82) is 0 Å². The van der Waals surface area contributed by atoms with E-state index < -0.39 is 11.6 Å². The fourth-order valence-electron chi connectivity index (χ4n) is 3.40. The van der Waals surface area contributed by atoms with Crippen molar-refractivity contribution in [3.63, 3.8) is 0 Å². The van der Waals surface area contributed by atoms with Crippen molar-refractivity contribution in [3.8, 4) is 11.5 Å². The molecule has 0 saturated carbocycles. The number of nitrogens with zero attached hydrogens (tertiary/aromatic N) is 1. The predicted molar refractivity (Wildman–Crippen MR) is 108 cm³/mol. The van der Waals surface area contributed by atoms with E-state index in [4.69, 9.17) is 4.74 Å². The van der Waals surface area contributed by atoms with Crippen LogP contribution in [0.15, 0.2) is 54.6 Å². The number of carbonyl (C=O) groups excluding carboxylic acids is 2. The summed E-state index contributed by atoms with van der Waals surface area (Å²) in [5, 5.41) is 2.76. The Morgan fingerprint density at radius 2 is 1.80 bits per heavy atom. The number of amides is 1. The number of aryl methyl sites for hydroxylation is 1. The molecule has 1 aliphatic rings. The van der Waals surface area contributed by atoms with Crippen LogP contribution < -0.4 is 15.0 Å². The van der Waals surface area contributed by atoms with Crippen LogP contribution in [0.5, 0.6) is 11.5 Å². The molecule has 0 saturated heterocycles. The van der Waals surface area contributed by atoms with Gasteiger partial charge in [0.1, 0.15) is 29.4 Å². The van der Waals surface area contributed by atoms with Gasteiger partial charge in [-0.05, 0) is 61.0 Å². The van der Waals surface area contributed by atoms with Gasteiger partial charge in [0.05, 0.1) is 17.9 Å². The molecule has 0 atom stereocenters. The number of hydrogen-bond donors (Lipinski definition) is 1. The number of nitrogens with one attached hydrogen (secondary N) is 1. The summed E-state index contributed by atoms with van der Waals surface area (Å²) < 4.78 is 33.5. The maximum atomic E-state index is 14.3. The van der Waals surface area contributed by atoms with Gasteiger partial charge in [-0.15, -0.1) is 0 Å². The number of fused-ring (bicyclic) bond motifs is 1. The molecule has 3 aromatic carbocycles. The largest absolute Gasteiger partial charge is 0.457 e. The third kappa shape index (κ3) is 3.87. The Bertz CT molecular complexity index is 1110. The van der Waals surface area contributed by atoms with E-state index in [-0.39, 0.29) is 19.1 Å². The number of hydrogen-bond acceptors (Lipinski definition) is 4. The van der Waals surface area contributed by atoms with Gasteiger partial charge in [0.2, 0.25) is 0 Å². The summed E-state index contributed by atoms with van der Waals surface area (Å²) in [6, 6.07) is 13.8. The van der Waals surface area contributed by atoms with Gasteiger partial charge in [-0.2, -0.15) is 0 Å². The van der Waals surface area contributed by atoms with Crippen molar-refractivity contribution in [3.05, 3.63) is 88.5 Å². The van der Waals surface area contributed by atoms with Gasteiger partial charge in [-0.1, -0.05) is 0 Å². The van der Waals surface area contributed by atoms with E-state index in [1.54, 1.807) is 49.4 Å². The number of rotatable bonds is 5. The first-order valence-corrected chi connectivity index (χ1v) is 9.29. The summed E-state index contributed by atoms with van der Waals surface area (Å²) in [5.41, 5.74) is 2.43. The van der Waals surface area contributed by atoms with Crippen molar-refractivity contribution in [2.24, 2.45) is 0 Å². The number of halogens is 2. The van der Waals surface area contributed by atoms with Crippen molar-refractivity contribution in [1.82, 2.24) is 5.32 Å². The second-order valence-electron chi connectivity index (χ2n) is 7.01. The monoisotopic (exact) mass is 408 g/mol. The minimum Gasteiger partial charge on any atom is -0.457 e. The number of anilines is 1. The van der Waals surface area contributed by atoms with Crippen LogP contribution in [0.25, 0.3) is 0 Å². The van der Waals surface area contributed by atoms with Crippen LogP contribution in [0, 0.1) is 18.6 Å². The number of ether oxygens (including phenoxy) is 1. The van der Waals surface area contributed by atoms with E-state index in [1.165, 1.54) is 6.07 Å². The molecule has 1 amide bonds. The minimum atomic E-state index is -0.621. The first kappa shape index (κ1) is 19.6. The molecule has 7 heteroatoms. The summed E-state index contributed by atoms with van der Waals surface area (Å²) in [7, 11) is 0. The highest BCUT2D eigenvalue weighted by molar-refractivity contribution is 6.02. The predicted octanol–water partition coefficient (Wildman–Crippen LogP) is 4.59. The quantitative estimate of drug-likeness (QED) is 0.628. The van der Waals surface area contributed by atoms with E-state index in [0.29, 0.717) is 39.4 Å². The summed E-state index contributed by atoms with van der Waals surface area (Å²) in [4.78, 5) is 25.0. The zero-order valence-corrected chi connectivity index (χ0v) is 16.1. The normalized spacial score (nSPS) is 12.9. The number of carbonyl (C=O) groups is 2. The zero-order chi connectivity index (χ0) is 21.3. The summed E-state index contributed by atoms with van der Waals surface area (Å²) in [5.74, 6) is -0.528. The fourth-order valence-corrected chi connectivity index (χ4v) is 3.40. The van der Waals surface area contributed by atoms with Crippen LogP contribution in [-0.4, -0.2) is 18.9 Å². The molecule has 0 radical (unpaired) electrons. The fraction of sp³-hybridized carbons (Fsp3) is 0.130. The Balaban J connectivity index is 1.61. The molecule has 4 rings (SSSR count). The van der Waals surface area contributed by atoms with Gasteiger partial charge >= 0.3 is 0 Å². The highest BCUT2D eigenvalue weighted by Gasteiger charge is 2.25.